The zero-order valence-corrected chi connectivity index (χ0v) is 9.57. The molecule has 1 aromatic rings. The monoisotopic (exact) mass is 210 g/mol. The molecule has 3 heteroatoms. The number of hydrogen-bond acceptors (Lipinski definition) is 1. The third kappa shape index (κ3) is 2.08. The number of rotatable bonds is 3. The fourth-order valence-corrected chi connectivity index (χ4v) is 2.67. The van der Waals surface area contributed by atoms with Gasteiger partial charge in [0.05, 0.1) is 0 Å². The Balaban J connectivity index is 1.94. The van der Waals surface area contributed by atoms with E-state index in [1.807, 2.05) is 6.20 Å². The Morgan fingerprint density at radius 3 is 2.79 bits per heavy atom. The van der Waals surface area contributed by atoms with E-state index in [-0.39, 0.29) is 0 Å². The van der Waals surface area contributed by atoms with Crippen LogP contribution in [-0.4, -0.2) is 9.55 Å². The number of aromatic nitrogens is 2. The van der Waals surface area contributed by atoms with Crippen molar-refractivity contribution in [2.24, 2.45) is 5.92 Å². The summed E-state index contributed by atoms with van der Waals surface area (Å²) in [5, 5.41) is 0. The van der Waals surface area contributed by atoms with Crippen molar-refractivity contribution in [3.63, 3.8) is 0 Å². The molecule has 0 saturated heterocycles. The van der Waals surface area contributed by atoms with Crippen LogP contribution in [0.1, 0.15) is 37.8 Å². The van der Waals surface area contributed by atoms with Gasteiger partial charge in [0.1, 0.15) is 0 Å². The highest BCUT2D eigenvalue weighted by atomic mass is 32.1. The van der Waals surface area contributed by atoms with Crippen molar-refractivity contribution in [2.75, 3.05) is 0 Å². The summed E-state index contributed by atoms with van der Waals surface area (Å²) in [6, 6.07) is 0. The first kappa shape index (κ1) is 9.97. The number of hydrogen-bond donors (Lipinski definition) is 1. The van der Waals surface area contributed by atoms with E-state index >= 15 is 0 Å². The first-order chi connectivity index (χ1) is 6.77. The van der Waals surface area contributed by atoms with Crippen LogP contribution >= 0.6 is 12.2 Å². The van der Waals surface area contributed by atoms with Crippen LogP contribution in [0.25, 0.3) is 0 Å². The predicted octanol–water partition coefficient (Wildman–Crippen LogP) is 3.43. The number of aromatic amines is 1. The molecule has 0 radical (unpaired) electrons. The van der Waals surface area contributed by atoms with Gasteiger partial charge in [-0.25, -0.2) is 0 Å². The van der Waals surface area contributed by atoms with Crippen LogP contribution in [0.4, 0.5) is 0 Å². The number of nitrogens with one attached hydrogen (secondary N) is 1. The summed E-state index contributed by atoms with van der Waals surface area (Å²) in [5.74, 6) is 0.950. The van der Waals surface area contributed by atoms with Gasteiger partial charge in [0.25, 0.3) is 0 Å². The van der Waals surface area contributed by atoms with Gasteiger partial charge in [-0.1, -0.05) is 25.7 Å². The van der Waals surface area contributed by atoms with Gasteiger partial charge in [0.15, 0.2) is 4.77 Å². The normalized spacial score (nSPS) is 17.8. The topological polar surface area (TPSA) is 20.7 Å². The summed E-state index contributed by atoms with van der Waals surface area (Å²) < 4.78 is 3.09. The summed E-state index contributed by atoms with van der Waals surface area (Å²) in [4.78, 5) is 3.09. The van der Waals surface area contributed by atoms with E-state index in [4.69, 9.17) is 12.2 Å². The summed E-state index contributed by atoms with van der Waals surface area (Å²) >= 11 is 5.22. The first-order valence-electron chi connectivity index (χ1n) is 5.52. The van der Waals surface area contributed by atoms with E-state index in [1.165, 1.54) is 37.8 Å². The van der Waals surface area contributed by atoms with E-state index in [0.717, 1.165) is 17.2 Å². The molecule has 1 fully saturated rings. The van der Waals surface area contributed by atoms with E-state index in [0.29, 0.717) is 0 Å². The van der Waals surface area contributed by atoms with Crippen molar-refractivity contribution in [1.29, 1.82) is 0 Å². The number of aryl methyl sites for hydroxylation is 1. The molecule has 0 spiro atoms. The van der Waals surface area contributed by atoms with Gasteiger partial charge >= 0.3 is 0 Å². The van der Waals surface area contributed by atoms with Gasteiger partial charge in [-0.2, -0.15) is 0 Å². The zero-order valence-electron chi connectivity index (χ0n) is 8.75. The van der Waals surface area contributed by atoms with Gasteiger partial charge in [0, 0.05) is 18.4 Å². The molecule has 0 bridgehead atoms. The second-order valence-corrected chi connectivity index (χ2v) is 4.71. The van der Waals surface area contributed by atoms with Crippen molar-refractivity contribution >= 4 is 12.2 Å². The average Bonchev–Trinajstić information content (AvgIpc) is 2.76. The second kappa shape index (κ2) is 4.30. The molecule has 0 unspecified atom stereocenters. The Morgan fingerprint density at radius 2 is 2.21 bits per heavy atom. The minimum absolute atomic E-state index is 0.875. The van der Waals surface area contributed by atoms with Crippen LogP contribution in [0.15, 0.2) is 6.20 Å². The molecular weight excluding hydrogens is 192 g/mol. The lowest BCUT2D eigenvalue weighted by molar-refractivity contribution is 0.453. The minimum atomic E-state index is 0.875. The maximum absolute atomic E-state index is 5.22. The Hall–Kier alpha value is -0.570. The van der Waals surface area contributed by atoms with Gasteiger partial charge in [-0.15, -0.1) is 0 Å². The predicted molar refractivity (Wildman–Crippen MR) is 60.9 cm³/mol. The Kier molecular flexibility index (Phi) is 3.06. The van der Waals surface area contributed by atoms with Gasteiger partial charge in [-0.05, 0) is 31.5 Å². The molecule has 2 nitrogen and oxygen atoms in total. The molecule has 78 valence electrons. The maximum Gasteiger partial charge on any atom is 0.177 e. The van der Waals surface area contributed by atoms with Crippen molar-refractivity contribution in [3.05, 3.63) is 16.7 Å². The lowest BCUT2D eigenvalue weighted by Gasteiger charge is -2.10. The highest BCUT2D eigenvalue weighted by Crippen LogP contribution is 2.27. The number of imidazole rings is 1. The Morgan fingerprint density at radius 1 is 1.50 bits per heavy atom. The summed E-state index contributed by atoms with van der Waals surface area (Å²) in [6.45, 7) is 3.21. The first-order valence-corrected chi connectivity index (χ1v) is 5.93. The lowest BCUT2D eigenvalue weighted by Crippen LogP contribution is -2.04. The molecule has 0 amide bonds. The number of H-pyrrole nitrogens is 1. The molecule has 0 atom stereocenters. The van der Waals surface area contributed by atoms with Gasteiger partial charge in [0.2, 0.25) is 0 Å². The van der Waals surface area contributed by atoms with Crippen molar-refractivity contribution in [3.8, 4) is 0 Å². The molecule has 1 saturated carbocycles. The Labute approximate surface area is 90.3 Å². The quantitative estimate of drug-likeness (QED) is 0.758. The average molecular weight is 210 g/mol. The molecule has 1 heterocycles. The molecule has 1 N–H and O–H groups in total. The molecule has 0 aliphatic heterocycles. The molecule has 1 aliphatic rings. The van der Waals surface area contributed by atoms with Crippen LogP contribution in [0.2, 0.25) is 0 Å². The van der Waals surface area contributed by atoms with Crippen LogP contribution in [-0.2, 0) is 6.54 Å². The molecule has 2 rings (SSSR count). The van der Waals surface area contributed by atoms with Crippen molar-refractivity contribution in [1.82, 2.24) is 9.55 Å². The molecule has 14 heavy (non-hydrogen) atoms. The molecule has 1 aliphatic carbocycles. The summed E-state index contributed by atoms with van der Waals surface area (Å²) in [7, 11) is 0. The van der Waals surface area contributed by atoms with E-state index in [2.05, 4.69) is 16.5 Å². The SMILES string of the molecule is Cc1c[nH]c(=S)n1CCC1CCCC1. The number of nitrogens with zero attached hydrogens (tertiary/aromatic N) is 1. The van der Waals surface area contributed by atoms with Crippen LogP contribution < -0.4 is 0 Å². The fraction of sp³-hybridized carbons (Fsp3) is 0.727. The standard InChI is InChI=1S/C11H18N2S/c1-9-8-12-11(14)13(9)7-6-10-4-2-3-5-10/h8,10H,2-7H2,1H3,(H,12,14). The molecule has 1 aromatic heterocycles. The third-order valence-electron chi connectivity index (χ3n) is 3.31. The third-order valence-corrected chi connectivity index (χ3v) is 3.65. The lowest BCUT2D eigenvalue weighted by atomic mass is 10.0. The Bertz CT molecular complexity index is 344. The minimum Gasteiger partial charge on any atom is -0.337 e. The van der Waals surface area contributed by atoms with Crippen LogP contribution in [0.5, 0.6) is 0 Å². The largest absolute Gasteiger partial charge is 0.337 e. The van der Waals surface area contributed by atoms with Crippen LogP contribution in [0, 0.1) is 17.6 Å². The van der Waals surface area contributed by atoms with Crippen molar-refractivity contribution < 1.29 is 0 Å². The second-order valence-electron chi connectivity index (χ2n) is 4.33. The fourth-order valence-electron chi connectivity index (χ4n) is 2.37. The zero-order chi connectivity index (χ0) is 9.97. The van der Waals surface area contributed by atoms with Gasteiger partial charge < -0.3 is 9.55 Å². The van der Waals surface area contributed by atoms with Crippen molar-refractivity contribution in [2.45, 2.75) is 45.6 Å². The highest BCUT2D eigenvalue weighted by Gasteiger charge is 2.14. The maximum atomic E-state index is 5.22. The van der Waals surface area contributed by atoms with E-state index in [1.54, 1.807) is 0 Å². The summed E-state index contributed by atoms with van der Waals surface area (Å²) in [6.07, 6.45) is 9.02. The smallest absolute Gasteiger partial charge is 0.177 e. The molecule has 0 aromatic carbocycles. The van der Waals surface area contributed by atoms with E-state index in [9.17, 15) is 0 Å². The van der Waals surface area contributed by atoms with Gasteiger partial charge in [-0.3, -0.25) is 0 Å². The van der Waals surface area contributed by atoms with Crippen LogP contribution in [0.3, 0.4) is 0 Å². The van der Waals surface area contributed by atoms with E-state index < -0.39 is 0 Å². The highest BCUT2D eigenvalue weighted by molar-refractivity contribution is 7.71. The summed E-state index contributed by atoms with van der Waals surface area (Å²) in [5.41, 5.74) is 1.26. The molecular formula is C11H18N2S.